The van der Waals surface area contributed by atoms with E-state index in [2.05, 4.69) is 5.50 Å². The smallest absolute Gasteiger partial charge is 0.269 e. The van der Waals surface area contributed by atoms with Gasteiger partial charge in [0, 0.05) is 0 Å². The molecule has 10 heavy (non-hydrogen) atoms. The van der Waals surface area contributed by atoms with E-state index in [4.69, 9.17) is 20.0 Å². The van der Waals surface area contributed by atoms with Crippen molar-refractivity contribution in [3.8, 4) is 0 Å². The summed E-state index contributed by atoms with van der Waals surface area (Å²) in [6.45, 7) is 1.83. The second kappa shape index (κ2) is 8.65. The van der Waals surface area contributed by atoms with Crippen LogP contribution in [0.2, 0.25) is 0 Å². The van der Waals surface area contributed by atoms with Crippen molar-refractivity contribution in [3.05, 3.63) is 12.0 Å². The summed E-state index contributed by atoms with van der Waals surface area (Å²) in [5.74, 6) is -0.586. The van der Waals surface area contributed by atoms with E-state index in [1.807, 2.05) is 6.92 Å². The summed E-state index contributed by atoms with van der Waals surface area (Å²) in [7, 11) is -2.12. The molecule has 0 unspecified atom stereocenters. The Morgan fingerprint density at radius 1 is 1.50 bits per heavy atom. The van der Waals surface area contributed by atoms with Gasteiger partial charge in [-0.3, -0.25) is 5.50 Å². The molecule has 0 radical (unpaired) electrons. The van der Waals surface area contributed by atoms with E-state index in [1.54, 1.807) is 0 Å². The molecule has 0 saturated carbocycles. The van der Waals surface area contributed by atoms with Crippen LogP contribution in [0.15, 0.2) is 12.0 Å². The average molecular weight is 169 g/mol. The van der Waals surface area contributed by atoms with E-state index < -0.39 is 14.5 Å². The molecule has 0 amide bonds. The van der Waals surface area contributed by atoms with Crippen molar-refractivity contribution < 1.29 is 20.0 Å². The third-order valence-electron chi connectivity index (χ3n) is 0.387. The van der Waals surface area contributed by atoms with Gasteiger partial charge in [-0.2, -0.15) is 0 Å². The summed E-state index contributed by atoms with van der Waals surface area (Å²) < 4.78 is 0. The third-order valence-corrected chi connectivity index (χ3v) is 0.387. The first-order valence-electron chi connectivity index (χ1n) is 2.51. The lowest BCUT2D eigenvalue weighted by Crippen LogP contribution is -1.78. The normalized spacial score (nSPS) is 8.10. The van der Waals surface area contributed by atoms with Crippen LogP contribution in [0.1, 0.15) is 13.3 Å². The first kappa shape index (κ1) is 12.3. The van der Waals surface area contributed by atoms with Gasteiger partial charge >= 0.3 is 0 Å². The second-order valence-corrected chi connectivity index (χ2v) is 1.93. The van der Waals surface area contributed by atoms with Crippen LogP contribution in [0.5, 0.6) is 0 Å². The number of nitrogens with two attached hydrogens (primary N) is 1. The van der Waals surface area contributed by atoms with Crippen LogP contribution < -0.4 is 5.50 Å². The molecule has 0 aliphatic rings. The van der Waals surface area contributed by atoms with Crippen molar-refractivity contribution in [3.63, 3.8) is 0 Å². The summed E-state index contributed by atoms with van der Waals surface area (Å²) in [5, 5.41) is 15.9. The highest BCUT2D eigenvalue weighted by molar-refractivity contribution is 7.42. The lowest BCUT2D eigenvalue weighted by molar-refractivity contribution is 0.189. The monoisotopic (exact) mass is 169 g/mol. The molecule has 0 saturated heterocycles. The molecule has 6 N–H and O–H groups in total. The van der Waals surface area contributed by atoms with Crippen molar-refractivity contribution in [2.24, 2.45) is 5.50 Å². The molecule has 0 aromatic carbocycles. The van der Waals surface area contributed by atoms with Crippen molar-refractivity contribution >= 4 is 8.53 Å². The van der Waals surface area contributed by atoms with Crippen LogP contribution in [0.3, 0.4) is 0 Å². The van der Waals surface area contributed by atoms with E-state index in [0.717, 1.165) is 0 Å². The van der Waals surface area contributed by atoms with Crippen molar-refractivity contribution in [1.29, 1.82) is 0 Å². The number of aliphatic hydroxyl groups excluding tert-OH is 1. The maximum atomic E-state index is 7.97. The van der Waals surface area contributed by atoms with Gasteiger partial charge in [0.25, 0.3) is 5.95 Å². The van der Waals surface area contributed by atoms with Crippen molar-refractivity contribution in [1.82, 2.24) is 0 Å². The second-order valence-electron chi connectivity index (χ2n) is 1.29. The summed E-state index contributed by atoms with van der Waals surface area (Å²) in [6, 6.07) is 0. The molecule has 0 aliphatic heterocycles. The van der Waals surface area contributed by atoms with Crippen LogP contribution in [-0.2, 0) is 0 Å². The molecule has 0 fully saturated rings. The molecule has 0 bridgehead atoms. The minimum Gasteiger partial charge on any atom is -0.481 e. The first-order valence-corrected chi connectivity index (χ1v) is 3.83. The molecule has 62 valence electrons. The Morgan fingerprint density at radius 2 is 1.80 bits per heavy atom. The number of hydrogen-bond donors (Lipinski definition) is 5. The lowest BCUT2D eigenvalue weighted by Gasteiger charge is -1.79. The lowest BCUT2D eigenvalue weighted by atomic mass is 10.5. The molecule has 0 heterocycles. The van der Waals surface area contributed by atoms with Gasteiger partial charge < -0.3 is 20.0 Å². The zero-order valence-electron chi connectivity index (χ0n) is 5.60. The van der Waals surface area contributed by atoms with Gasteiger partial charge in [-0.15, -0.1) is 0 Å². The van der Waals surface area contributed by atoms with Gasteiger partial charge in [-0.05, 0) is 12.5 Å². The van der Waals surface area contributed by atoms with Gasteiger partial charge in [0.05, 0.1) is 0 Å². The minimum absolute atomic E-state index is 0.586. The third kappa shape index (κ3) is 48.2. The molecule has 0 atom stereocenters. The standard InChI is InChI=1S/C4H8O2.H4NO2P/c1-2-3-4(5)6;1-4(2)3/h3,5-6H,2H2,1H3;2-3H,1H2. The fraction of sp³-hybridized carbons (Fsp3) is 0.500. The fourth-order valence-corrected chi connectivity index (χ4v) is 0.183. The minimum atomic E-state index is -2.12. The van der Waals surface area contributed by atoms with Gasteiger partial charge in [-0.25, -0.2) is 0 Å². The Labute approximate surface area is 60.4 Å². The van der Waals surface area contributed by atoms with Gasteiger partial charge in [-0.1, -0.05) is 6.92 Å². The molecule has 0 aromatic heterocycles. The highest BCUT2D eigenvalue weighted by Gasteiger charge is 1.73. The largest absolute Gasteiger partial charge is 0.481 e. The maximum Gasteiger partial charge on any atom is 0.269 e. The Morgan fingerprint density at radius 3 is 1.80 bits per heavy atom. The fourth-order valence-electron chi connectivity index (χ4n) is 0.183. The van der Waals surface area contributed by atoms with Crippen molar-refractivity contribution in [2.45, 2.75) is 13.3 Å². The first-order chi connectivity index (χ1) is 4.50. The molecule has 0 rings (SSSR count). The number of rotatable bonds is 1. The van der Waals surface area contributed by atoms with Gasteiger partial charge in [0.15, 0.2) is 0 Å². The Bertz CT molecular complexity index is 88.5. The maximum absolute atomic E-state index is 7.97. The quantitative estimate of drug-likeness (QED) is 0.290. The predicted octanol–water partition coefficient (Wildman–Crippen LogP) is 0.510. The summed E-state index contributed by atoms with van der Waals surface area (Å²) >= 11 is 0. The molecule has 0 aromatic rings. The van der Waals surface area contributed by atoms with Crippen molar-refractivity contribution in [2.75, 3.05) is 0 Å². The highest BCUT2D eigenvalue weighted by Crippen LogP contribution is 2.05. The summed E-state index contributed by atoms with van der Waals surface area (Å²) in [5.41, 5.74) is 4.29. The van der Waals surface area contributed by atoms with E-state index in [-0.39, 0.29) is 0 Å². The van der Waals surface area contributed by atoms with Crippen LogP contribution in [0, 0.1) is 0 Å². The zero-order chi connectivity index (χ0) is 8.57. The van der Waals surface area contributed by atoms with E-state index in [0.29, 0.717) is 6.42 Å². The number of aliphatic hydroxyl groups is 2. The average Bonchev–Trinajstić information content (AvgIpc) is 1.62. The van der Waals surface area contributed by atoms with E-state index in [9.17, 15) is 0 Å². The van der Waals surface area contributed by atoms with Gasteiger partial charge in [0.1, 0.15) is 0 Å². The van der Waals surface area contributed by atoms with Crippen LogP contribution >= 0.6 is 8.53 Å². The summed E-state index contributed by atoms with van der Waals surface area (Å²) in [6.07, 6.45) is 1.99. The number of hydrogen-bond acceptors (Lipinski definition) is 5. The molecule has 0 spiro atoms. The van der Waals surface area contributed by atoms with E-state index >= 15 is 0 Å². The molecule has 6 heteroatoms. The molecule has 0 aliphatic carbocycles. The topological polar surface area (TPSA) is 107 Å². The van der Waals surface area contributed by atoms with Crippen LogP contribution in [-0.4, -0.2) is 20.0 Å². The van der Waals surface area contributed by atoms with Crippen LogP contribution in [0.25, 0.3) is 0 Å². The van der Waals surface area contributed by atoms with Gasteiger partial charge in [0.2, 0.25) is 8.53 Å². The number of allylic oxidation sites excluding steroid dienone is 1. The Balaban J connectivity index is 0. The highest BCUT2D eigenvalue weighted by atomic mass is 31.2. The molecular weight excluding hydrogens is 157 g/mol. The predicted molar refractivity (Wildman–Crippen MR) is 39.2 cm³/mol. The van der Waals surface area contributed by atoms with E-state index in [1.165, 1.54) is 6.08 Å². The Hall–Kier alpha value is -0.350. The molecule has 5 nitrogen and oxygen atoms in total. The Kier molecular flexibility index (Phi) is 10.7. The zero-order valence-corrected chi connectivity index (χ0v) is 6.49. The SMILES string of the molecule is CCC=C(O)O.NP(O)O. The summed E-state index contributed by atoms with van der Waals surface area (Å²) in [4.78, 5) is 14.9. The molecular formula is C4H12NO4P. The van der Waals surface area contributed by atoms with Crippen LogP contribution in [0.4, 0.5) is 0 Å².